The van der Waals surface area contributed by atoms with Gasteiger partial charge in [-0.1, -0.05) is 30.2 Å². The Balaban J connectivity index is 1.80. The van der Waals surface area contributed by atoms with E-state index in [1.54, 1.807) is 5.57 Å². The average molecular weight is 288 g/mol. The molecule has 3 rings (SSSR count). The van der Waals surface area contributed by atoms with Crippen LogP contribution in [-0.2, 0) is 0 Å². The second-order valence-electron chi connectivity index (χ2n) is 8.49. The van der Waals surface area contributed by atoms with Crippen LogP contribution >= 0.6 is 0 Å². The number of hydrogen-bond acceptors (Lipinski definition) is 1. The standard InChI is InChI=1S/C20H32O/c1-13(2)7-6-8-14(3)16-10-11-19(5,21)20-12-9-15(4)17(20)18(16)20/h7-8,15-18,21H,6,9-12H2,1-5H3. The molecular formula is C20H32O. The van der Waals surface area contributed by atoms with E-state index in [9.17, 15) is 5.11 Å². The highest BCUT2D eigenvalue weighted by atomic mass is 16.3. The topological polar surface area (TPSA) is 20.2 Å². The molecule has 118 valence electrons. The minimum absolute atomic E-state index is 0.265. The van der Waals surface area contributed by atoms with Crippen LogP contribution < -0.4 is 0 Å². The smallest absolute Gasteiger partial charge is 0.0681 e. The number of aliphatic hydroxyl groups is 1. The van der Waals surface area contributed by atoms with Crippen molar-refractivity contribution in [2.24, 2.45) is 29.1 Å². The van der Waals surface area contributed by atoms with Crippen LogP contribution in [0.15, 0.2) is 23.3 Å². The molecule has 3 fully saturated rings. The molecule has 1 spiro atoms. The van der Waals surface area contributed by atoms with Crippen molar-refractivity contribution < 1.29 is 5.11 Å². The molecule has 3 aliphatic rings. The number of fused-ring (bicyclic) bond motifs is 1. The minimum atomic E-state index is -0.413. The van der Waals surface area contributed by atoms with Crippen molar-refractivity contribution in [3.8, 4) is 0 Å². The highest BCUT2D eigenvalue weighted by molar-refractivity contribution is 5.30. The Hall–Kier alpha value is -0.560. The van der Waals surface area contributed by atoms with Crippen molar-refractivity contribution in [1.82, 2.24) is 0 Å². The van der Waals surface area contributed by atoms with Crippen molar-refractivity contribution in [2.45, 2.75) is 72.3 Å². The molecule has 1 nitrogen and oxygen atoms in total. The van der Waals surface area contributed by atoms with Gasteiger partial charge in [0.05, 0.1) is 5.60 Å². The van der Waals surface area contributed by atoms with E-state index in [0.717, 1.165) is 36.5 Å². The molecule has 3 saturated carbocycles. The van der Waals surface area contributed by atoms with Gasteiger partial charge in [0.2, 0.25) is 0 Å². The van der Waals surface area contributed by atoms with Gasteiger partial charge in [0.15, 0.2) is 0 Å². The fraction of sp³-hybridized carbons (Fsp3) is 0.800. The Morgan fingerprint density at radius 3 is 2.48 bits per heavy atom. The SMILES string of the molecule is CC(C)=CCC=C(C)C1CCC(C)(O)C23CCC(C)C2C13. The van der Waals surface area contributed by atoms with Gasteiger partial charge in [0.1, 0.15) is 0 Å². The molecule has 6 unspecified atom stereocenters. The van der Waals surface area contributed by atoms with Crippen LogP contribution in [0.25, 0.3) is 0 Å². The van der Waals surface area contributed by atoms with E-state index in [2.05, 4.69) is 46.8 Å². The zero-order chi connectivity index (χ0) is 15.4. The molecule has 3 aliphatic carbocycles. The molecule has 1 N–H and O–H groups in total. The van der Waals surface area contributed by atoms with Gasteiger partial charge in [-0.2, -0.15) is 0 Å². The maximum atomic E-state index is 11.0. The van der Waals surface area contributed by atoms with Gasteiger partial charge in [0, 0.05) is 5.41 Å². The van der Waals surface area contributed by atoms with Gasteiger partial charge in [-0.25, -0.2) is 0 Å². The maximum absolute atomic E-state index is 11.0. The third kappa shape index (κ3) is 2.15. The zero-order valence-corrected chi connectivity index (χ0v) is 14.4. The molecule has 6 atom stereocenters. The van der Waals surface area contributed by atoms with Gasteiger partial charge >= 0.3 is 0 Å². The average Bonchev–Trinajstić information content (AvgIpc) is 2.95. The minimum Gasteiger partial charge on any atom is -0.390 e. The van der Waals surface area contributed by atoms with E-state index in [1.165, 1.54) is 24.8 Å². The summed E-state index contributed by atoms with van der Waals surface area (Å²) in [5, 5.41) is 11.0. The van der Waals surface area contributed by atoms with Crippen molar-refractivity contribution in [3.63, 3.8) is 0 Å². The highest BCUT2D eigenvalue weighted by Crippen LogP contribution is 2.80. The predicted molar refractivity (Wildman–Crippen MR) is 89.0 cm³/mol. The van der Waals surface area contributed by atoms with Crippen molar-refractivity contribution in [1.29, 1.82) is 0 Å². The normalized spacial score (nSPS) is 48.6. The first-order valence-corrected chi connectivity index (χ1v) is 8.83. The van der Waals surface area contributed by atoms with E-state index >= 15 is 0 Å². The summed E-state index contributed by atoms with van der Waals surface area (Å²) in [7, 11) is 0. The maximum Gasteiger partial charge on any atom is 0.0681 e. The molecule has 21 heavy (non-hydrogen) atoms. The van der Waals surface area contributed by atoms with Crippen molar-refractivity contribution in [3.05, 3.63) is 23.3 Å². The Morgan fingerprint density at radius 2 is 1.81 bits per heavy atom. The molecular weight excluding hydrogens is 256 g/mol. The monoisotopic (exact) mass is 288 g/mol. The van der Waals surface area contributed by atoms with Gasteiger partial charge in [-0.05, 0) is 83.5 Å². The van der Waals surface area contributed by atoms with Crippen LogP contribution in [-0.4, -0.2) is 10.7 Å². The number of hydrogen-bond donors (Lipinski definition) is 1. The first-order chi connectivity index (χ1) is 9.81. The summed E-state index contributed by atoms with van der Waals surface area (Å²) >= 11 is 0. The van der Waals surface area contributed by atoms with Gasteiger partial charge < -0.3 is 5.11 Å². The lowest BCUT2D eigenvalue weighted by Gasteiger charge is -2.41. The van der Waals surface area contributed by atoms with Gasteiger partial charge in [-0.15, -0.1) is 0 Å². The summed E-state index contributed by atoms with van der Waals surface area (Å²) in [6.45, 7) is 11.2. The van der Waals surface area contributed by atoms with E-state index in [0.29, 0.717) is 0 Å². The van der Waals surface area contributed by atoms with Crippen LogP contribution in [0, 0.1) is 29.1 Å². The molecule has 0 saturated heterocycles. The van der Waals surface area contributed by atoms with E-state index in [4.69, 9.17) is 0 Å². The molecule has 0 aromatic heterocycles. The lowest BCUT2D eigenvalue weighted by molar-refractivity contribution is -0.0579. The fourth-order valence-corrected chi connectivity index (χ4v) is 5.93. The van der Waals surface area contributed by atoms with Crippen LogP contribution in [0.3, 0.4) is 0 Å². The first kappa shape index (κ1) is 15.3. The lowest BCUT2D eigenvalue weighted by atomic mass is 9.68. The van der Waals surface area contributed by atoms with Gasteiger partial charge in [-0.3, -0.25) is 0 Å². The van der Waals surface area contributed by atoms with Crippen LogP contribution in [0.4, 0.5) is 0 Å². The fourth-order valence-electron chi connectivity index (χ4n) is 5.93. The van der Waals surface area contributed by atoms with Crippen molar-refractivity contribution in [2.75, 3.05) is 0 Å². The molecule has 0 aromatic rings. The molecule has 1 heteroatoms. The molecule has 0 radical (unpaired) electrons. The second kappa shape index (κ2) is 4.98. The van der Waals surface area contributed by atoms with E-state index < -0.39 is 5.60 Å². The quantitative estimate of drug-likeness (QED) is 0.715. The summed E-state index contributed by atoms with van der Waals surface area (Å²) in [5.74, 6) is 3.08. The molecule has 0 heterocycles. The first-order valence-electron chi connectivity index (χ1n) is 8.83. The third-order valence-electron chi connectivity index (χ3n) is 7.02. The second-order valence-corrected chi connectivity index (χ2v) is 8.49. The molecule has 0 bridgehead atoms. The molecule has 0 amide bonds. The largest absolute Gasteiger partial charge is 0.390 e. The Bertz CT molecular complexity index is 480. The summed E-state index contributed by atoms with van der Waals surface area (Å²) < 4.78 is 0. The summed E-state index contributed by atoms with van der Waals surface area (Å²) in [4.78, 5) is 0. The van der Waals surface area contributed by atoms with E-state index in [-0.39, 0.29) is 5.41 Å². The predicted octanol–water partition coefficient (Wildman–Crippen LogP) is 5.11. The van der Waals surface area contributed by atoms with E-state index in [1.807, 2.05) is 0 Å². The van der Waals surface area contributed by atoms with Crippen LogP contribution in [0.2, 0.25) is 0 Å². The molecule has 0 aromatic carbocycles. The summed E-state index contributed by atoms with van der Waals surface area (Å²) in [6, 6.07) is 0. The summed E-state index contributed by atoms with van der Waals surface area (Å²) in [6.07, 6.45) is 10.6. The Kier molecular flexibility index (Phi) is 3.64. The zero-order valence-electron chi connectivity index (χ0n) is 14.4. The Labute approximate surface area is 130 Å². The summed E-state index contributed by atoms with van der Waals surface area (Å²) in [5.41, 5.74) is 2.83. The van der Waals surface area contributed by atoms with Crippen molar-refractivity contribution >= 4 is 0 Å². The third-order valence-corrected chi connectivity index (χ3v) is 7.02. The van der Waals surface area contributed by atoms with Gasteiger partial charge in [0.25, 0.3) is 0 Å². The Morgan fingerprint density at radius 1 is 1.10 bits per heavy atom. The number of rotatable bonds is 3. The van der Waals surface area contributed by atoms with Crippen LogP contribution in [0.5, 0.6) is 0 Å². The highest BCUT2D eigenvalue weighted by Gasteiger charge is 2.78. The number of allylic oxidation sites excluding steroid dienone is 4. The molecule has 0 aliphatic heterocycles. The lowest BCUT2D eigenvalue weighted by Crippen LogP contribution is -2.42. The van der Waals surface area contributed by atoms with Crippen LogP contribution in [0.1, 0.15) is 66.7 Å².